The van der Waals surface area contributed by atoms with Gasteiger partial charge in [0.15, 0.2) is 12.4 Å². The topological polar surface area (TPSA) is 144 Å². The fraction of sp³-hybridized carbons (Fsp3) is 0.650. The van der Waals surface area contributed by atoms with Gasteiger partial charge in [-0.1, -0.05) is 19.9 Å². The van der Waals surface area contributed by atoms with Gasteiger partial charge in [0.05, 0.1) is 24.2 Å². The van der Waals surface area contributed by atoms with Gasteiger partial charge in [0, 0.05) is 12.4 Å². The van der Waals surface area contributed by atoms with E-state index in [1.807, 2.05) is 6.07 Å². The monoisotopic (exact) mass is 409 g/mol. The van der Waals surface area contributed by atoms with E-state index in [1.54, 1.807) is 39.2 Å². The molecule has 1 aliphatic rings. The lowest BCUT2D eigenvalue weighted by atomic mass is 9.92. The number of pyridine rings is 1. The zero-order chi connectivity index (χ0) is 21.7. The van der Waals surface area contributed by atoms with E-state index in [1.165, 1.54) is 6.92 Å². The van der Waals surface area contributed by atoms with Gasteiger partial charge in [-0.15, -0.1) is 0 Å². The van der Waals surface area contributed by atoms with Crippen molar-refractivity contribution in [1.29, 1.82) is 0 Å². The van der Waals surface area contributed by atoms with Gasteiger partial charge in [0.1, 0.15) is 6.04 Å². The molecular formula is C20H31N3O6. The minimum absolute atomic E-state index is 0.247. The van der Waals surface area contributed by atoms with E-state index in [9.17, 15) is 19.8 Å². The Balaban J connectivity index is 2.34. The van der Waals surface area contributed by atoms with Gasteiger partial charge in [0.2, 0.25) is 5.91 Å². The van der Waals surface area contributed by atoms with Crippen LogP contribution in [-0.4, -0.2) is 63.8 Å². The van der Waals surface area contributed by atoms with Crippen LogP contribution in [0.4, 0.5) is 0 Å². The zero-order valence-corrected chi connectivity index (χ0v) is 17.2. The van der Waals surface area contributed by atoms with Crippen molar-refractivity contribution in [3.8, 4) is 0 Å². The Morgan fingerprint density at radius 3 is 2.55 bits per heavy atom. The summed E-state index contributed by atoms with van der Waals surface area (Å²) in [5, 5.41) is 23.9. The van der Waals surface area contributed by atoms with Crippen LogP contribution in [-0.2, 0) is 25.5 Å². The lowest BCUT2D eigenvalue weighted by Crippen LogP contribution is -2.57. The van der Waals surface area contributed by atoms with Crippen molar-refractivity contribution in [2.24, 2.45) is 17.6 Å². The number of carbonyl (C=O) groups excluding carboxylic acids is 2. The summed E-state index contributed by atoms with van der Waals surface area (Å²) in [5.74, 6) is -2.47. The average molecular weight is 409 g/mol. The van der Waals surface area contributed by atoms with Crippen LogP contribution in [0.15, 0.2) is 24.5 Å². The first-order chi connectivity index (χ1) is 13.6. The lowest BCUT2D eigenvalue weighted by molar-refractivity contribution is -0.218. The molecule has 1 saturated heterocycles. The van der Waals surface area contributed by atoms with E-state index in [0.29, 0.717) is 0 Å². The highest BCUT2D eigenvalue weighted by Crippen LogP contribution is 2.21. The SMILES string of the molecule is CC(C)C1OC(=O)C(C)C(O)C(Cc2cccnc2)NC(=O)C(N)C(C)OC1O. The highest BCUT2D eigenvalue weighted by atomic mass is 16.6. The summed E-state index contributed by atoms with van der Waals surface area (Å²) in [6.45, 7) is 6.59. The minimum Gasteiger partial charge on any atom is -0.456 e. The average Bonchev–Trinajstić information content (AvgIpc) is 2.69. The number of rotatable bonds is 3. The molecule has 2 heterocycles. The Morgan fingerprint density at radius 2 is 1.97 bits per heavy atom. The van der Waals surface area contributed by atoms with Crippen LogP contribution in [0, 0.1) is 11.8 Å². The molecule has 7 atom stereocenters. The molecule has 9 heteroatoms. The van der Waals surface area contributed by atoms with Gasteiger partial charge in [-0.05, 0) is 37.8 Å². The van der Waals surface area contributed by atoms with E-state index >= 15 is 0 Å². The Morgan fingerprint density at radius 1 is 1.28 bits per heavy atom. The number of nitrogens with zero attached hydrogens (tertiary/aromatic N) is 1. The van der Waals surface area contributed by atoms with Crippen LogP contribution in [0.2, 0.25) is 0 Å². The van der Waals surface area contributed by atoms with Gasteiger partial charge in [-0.2, -0.15) is 0 Å². The lowest BCUT2D eigenvalue weighted by Gasteiger charge is -2.34. The number of hydrogen-bond donors (Lipinski definition) is 4. The Labute approximate surface area is 170 Å². The summed E-state index contributed by atoms with van der Waals surface area (Å²) in [7, 11) is 0. The van der Waals surface area contributed by atoms with Crippen molar-refractivity contribution in [2.75, 3.05) is 0 Å². The number of carbonyl (C=O) groups is 2. The second-order valence-electron chi connectivity index (χ2n) is 7.86. The number of nitrogens with two attached hydrogens (primary N) is 1. The van der Waals surface area contributed by atoms with Crippen molar-refractivity contribution in [3.05, 3.63) is 30.1 Å². The molecule has 1 aromatic rings. The van der Waals surface area contributed by atoms with E-state index in [-0.39, 0.29) is 12.3 Å². The quantitative estimate of drug-likeness (QED) is 0.500. The maximum atomic E-state index is 12.7. The van der Waals surface area contributed by atoms with Crippen LogP contribution < -0.4 is 11.1 Å². The molecule has 1 aliphatic heterocycles. The fourth-order valence-corrected chi connectivity index (χ4v) is 3.16. The van der Waals surface area contributed by atoms with Gasteiger partial charge < -0.3 is 30.7 Å². The number of aliphatic hydroxyl groups is 2. The predicted octanol–water partition coefficient (Wildman–Crippen LogP) is -0.262. The van der Waals surface area contributed by atoms with E-state index in [4.69, 9.17) is 15.2 Å². The highest BCUT2D eigenvalue weighted by Gasteiger charge is 2.38. The number of aliphatic hydroxyl groups excluding tert-OH is 2. The molecule has 162 valence electrons. The molecule has 7 unspecified atom stereocenters. The Hall–Kier alpha value is -2.07. The van der Waals surface area contributed by atoms with Crippen LogP contribution in [0.5, 0.6) is 0 Å². The molecule has 0 saturated carbocycles. The standard InChI is InChI=1S/C20H31N3O6/c1-10(2)17-20(27)28-12(4)15(21)18(25)23-14(8-13-6-5-7-22-9-13)16(24)11(3)19(26)29-17/h5-7,9-12,14-17,20,24,27H,8,21H2,1-4H3,(H,23,25). The Bertz CT molecular complexity index is 686. The molecule has 1 amide bonds. The number of nitrogens with one attached hydrogen (secondary N) is 1. The molecular weight excluding hydrogens is 378 g/mol. The minimum atomic E-state index is -1.46. The van der Waals surface area contributed by atoms with Gasteiger partial charge in [-0.3, -0.25) is 14.6 Å². The van der Waals surface area contributed by atoms with Crippen molar-refractivity contribution < 1.29 is 29.3 Å². The maximum absolute atomic E-state index is 12.7. The van der Waals surface area contributed by atoms with Gasteiger partial charge in [0.25, 0.3) is 0 Å². The first kappa shape index (κ1) is 23.2. The third-order valence-corrected chi connectivity index (χ3v) is 5.16. The zero-order valence-electron chi connectivity index (χ0n) is 17.2. The number of esters is 1. The molecule has 1 fully saturated rings. The summed E-state index contributed by atoms with van der Waals surface area (Å²) < 4.78 is 10.9. The molecule has 5 N–H and O–H groups in total. The third kappa shape index (κ3) is 5.96. The second kappa shape index (κ2) is 10.1. The largest absolute Gasteiger partial charge is 0.456 e. The van der Waals surface area contributed by atoms with Crippen molar-refractivity contribution in [2.45, 2.75) is 70.8 Å². The molecule has 0 aromatic carbocycles. The highest BCUT2D eigenvalue weighted by molar-refractivity contribution is 5.82. The number of ether oxygens (including phenoxy) is 2. The number of cyclic esters (lactones) is 1. The first-order valence-electron chi connectivity index (χ1n) is 9.78. The van der Waals surface area contributed by atoms with E-state index in [0.717, 1.165) is 5.56 Å². The first-order valence-corrected chi connectivity index (χ1v) is 9.78. The number of aromatic nitrogens is 1. The predicted molar refractivity (Wildman–Crippen MR) is 104 cm³/mol. The molecule has 1 aromatic heterocycles. The summed E-state index contributed by atoms with van der Waals surface area (Å²) in [6, 6.07) is 1.66. The van der Waals surface area contributed by atoms with E-state index in [2.05, 4.69) is 10.3 Å². The van der Waals surface area contributed by atoms with Gasteiger partial charge in [-0.25, -0.2) is 0 Å². The Kier molecular flexibility index (Phi) is 8.09. The van der Waals surface area contributed by atoms with Gasteiger partial charge >= 0.3 is 5.97 Å². The van der Waals surface area contributed by atoms with Crippen molar-refractivity contribution >= 4 is 11.9 Å². The number of hydrogen-bond acceptors (Lipinski definition) is 8. The summed E-state index contributed by atoms with van der Waals surface area (Å²) in [4.78, 5) is 29.3. The van der Waals surface area contributed by atoms with Crippen molar-refractivity contribution in [3.63, 3.8) is 0 Å². The summed E-state index contributed by atoms with van der Waals surface area (Å²) in [6.07, 6.45) is -1.02. The third-order valence-electron chi connectivity index (χ3n) is 5.16. The molecule has 29 heavy (non-hydrogen) atoms. The molecule has 0 bridgehead atoms. The summed E-state index contributed by atoms with van der Waals surface area (Å²) in [5.41, 5.74) is 6.77. The van der Waals surface area contributed by atoms with Crippen LogP contribution in [0.25, 0.3) is 0 Å². The summed E-state index contributed by atoms with van der Waals surface area (Å²) >= 11 is 0. The normalized spacial score (nSPS) is 34.7. The molecule has 0 spiro atoms. The molecule has 2 rings (SSSR count). The van der Waals surface area contributed by atoms with Crippen LogP contribution in [0.3, 0.4) is 0 Å². The van der Waals surface area contributed by atoms with Crippen LogP contribution >= 0.6 is 0 Å². The second-order valence-corrected chi connectivity index (χ2v) is 7.86. The molecule has 9 nitrogen and oxygen atoms in total. The smallest absolute Gasteiger partial charge is 0.311 e. The number of amides is 1. The van der Waals surface area contributed by atoms with Crippen molar-refractivity contribution in [1.82, 2.24) is 10.3 Å². The fourth-order valence-electron chi connectivity index (χ4n) is 3.16. The van der Waals surface area contributed by atoms with E-state index < -0.39 is 54.5 Å². The van der Waals surface area contributed by atoms with Crippen LogP contribution in [0.1, 0.15) is 33.3 Å². The maximum Gasteiger partial charge on any atom is 0.311 e. The molecule has 0 aliphatic carbocycles. The molecule has 0 radical (unpaired) electrons.